The Bertz CT molecular complexity index is 599. The number of sulfonamides is 1. The molecule has 1 aromatic rings. The lowest BCUT2D eigenvalue weighted by atomic mass is 10.00. The van der Waals surface area contributed by atoms with Crippen LogP contribution in [0.1, 0.15) is 24.5 Å². The summed E-state index contributed by atoms with van der Waals surface area (Å²) in [5.74, 6) is 0. The average molecular weight is 312 g/mol. The fraction of sp³-hybridized carbons (Fsp3) is 0.600. The van der Waals surface area contributed by atoms with Gasteiger partial charge in [-0.15, -0.1) is 0 Å². The Balaban J connectivity index is 2.32. The van der Waals surface area contributed by atoms with E-state index >= 15 is 0 Å². The molecule has 0 bridgehead atoms. The third-order valence-corrected chi connectivity index (χ3v) is 5.77. The summed E-state index contributed by atoms with van der Waals surface area (Å²) in [4.78, 5) is 0.425. The van der Waals surface area contributed by atoms with Gasteiger partial charge in [0.2, 0.25) is 10.0 Å². The van der Waals surface area contributed by atoms with E-state index in [0.717, 1.165) is 36.2 Å². The first-order valence-electron chi connectivity index (χ1n) is 7.39. The minimum atomic E-state index is -3.46. The summed E-state index contributed by atoms with van der Waals surface area (Å²) >= 11 is 0. The Labute approximate surface area is 127 Å². The van der Waals surface area contributed by atoms with Crippen molar-refractivity contribution in [3.05, 3.63) is 23.3 Å². The van der Waals surface area contributed by atoms with Crippen molar-refractivity contribution in [2.75, 3.05) is 38.7 Å². The lowest BCUT2D eigenvalue weighted by Gasteiger charge is -2.25. The van der Waals surface area contributed by atoms with Crippen LogP contribution in [0.4, 0.5) is 5.69 Å². The standard InChI is InChI=1S/C15H24N2O3S/c1-4-20-11-10-17(3)21(18,19)14-8-7-12(2)15-13(14)6-5-9-16-15/h7-8,16H,4-6,9-11H2,1-3H3. The number of benzene rings is 1. The molecular formula is C15H24N2O3S. The van der Waals surface area contributed by atoms with Crippen molar-refractivity contribution in [2.24, 2.45) is 0 Å². The molecule has 1 aliphatic heterocycles. The molecule has 0 spiro atoms. The van der Waals surface area contributed by atoms with Crippen LogP contribution in [0.15, 0.2) is 17.0 Å². The summed E-state index contributed by atoms with van der Waals surface area (Å²) in [6.45, 7) is 6.18. The maximum atomic E-state index is 12.8. The number of nitrogens with one attached hydrogen (secondary N) is 1. The molecule has 0 fully saturated rings. The Hall–Kier alpha value is -1.11. The fourth-order valence-corrected chi connectivity index (χ4v) is 3.99. The summed E-state index contributed by atoms with van der Waals surface area (Å²) in [5, 5.41) is 3.33. The van der Waals surface area contributed by atoms with Crippen LogP contribution in [0.5, 0.6) is 0 Å². The molecule has 0 atom stereocenters. The first-order chi connectivity index (χ1) is 9.98. The van der Waals surface area contributed by atoms with E-state index < -0.39 is 10.0 Å². The molecule has 1 N–H and O–H groups in total. The number of aryl methyl sites for hydroxylation is 1. The topological polar surface area (TPSA) is 58.6 Å². The molecule has 21 heavy (non-hydrogen) atoms. The number of fused-ring (bicyclic) bond motifs is 1. The van der Waals surface area contributed by atoms with Gasteiger partial charge in [0.1, 0.15) is 0 Å². The minimum absolute atomic E-state index is 0.367. The molecule has 0 aliphatic carbocycles. The van der Waals surface area contributed by atoms with Gasteiger partial charge in [-0.1, -0.05) is 6.07 Å². The molecule has 1 aliphatic rings. The predicted molar refractivity (Wildman–Crippen MR) is 84.3 cm³/mol. The monoisotopic (exact) mass is 312 g/mol. The lowest BCUT2D eigenvalue weighted by molar-refractivity contribution is 0.138. The SMILES string of the molecule is CCOCCN(C)S(=O)(=O)c1ccc(C)c2c1CCCN2. The third kappa shape index (κ3) is 3.39. The van der Waals surface area contributed by atoms with Gasteiger partial charge < -0.3 is 10.1 Å². The zero-order chi connectivity index (χ0) is 15.5. The molecule has 0 unspecified atom stereocenters. The van der Waals surface area contributed by atoms with Crippen LogP contribution in [0.25, 0.3) is 0 Å². The number of nitrogens with zero attached hydrogens (tertiary/aromatic N) is 1. The molecule has 5 nitrogen and oxygen atoms in total. The van der Waals surface area contributed by atoms with E-state index in [9.17, 15) is 8.42 Å². The van der Waals surface area contributed by atoms with Crippen LogP contribution in [0.2, 0.25) is 0 Å². The number of anilines is 1. The Morgan fingerprint density at radius 1 is 1.38 bits per heavy atom. The van der Waals surface area contributed by atoms with Crippen molar-refractivity contribution in [3.8, 4) is 0 Å². The second-order valence-corrected chi connectivity index (χ2v) is 7.30. The van der Waals surface area contributed by atoms with Crippen molar-refractivity contribution in [1.82, 2.24) is 4.31 Å². The number of ether oxygens (including phenoxy) is 1. The summed E-state index contributed by atoms with van der Waals surface area (Å²) in [6.07, 6.45) is 1.76. The zero-order valence-electron chi connectivity index (χ0n) is 13.0. The Morgan fingerprint density at radius 2 is 2.14 bits per heavy atom. The number of hydrogen-bond acceptors (Lipinski definition) is 4. The average Bonchev–Trinajstić information content (AvgIpc) is 2.47. The molecule has 6 heteroatoms. The van der Waals surface area contributed by atoms with E-state index in [1.807, 2.05) is 19.9 Å². The van der Waals surface area contributed by atoms with Gasteiger partial charge in [0, 0.05) is 32.4 Å². The van der Waals surface area contributed by atoms with E-state index in [1.165, 1.54) is 4.31 Å². The van der Waals surface area contributed by atoms with E-state index in [0.29, 0.717) is 24.7 Å². The smallest absolute Gasteiger partial charge is 0.243 e. The first kappa shape index (κ1) is 16.3. The summed E-state index contributed by atoms with van der Waals surface area (Å²) in [6, 6.07) is 3.61. The van der Waals surface area contributed by atoms with Crippen molar-refractivity contribution < 1.29 is 13.2 Å². The predicted octanol–water partition coefficient (Wildman–Crippen LogP) is 2.01. The van der Waals surface area contributed by atoms with Crippen molar-refractivity contribution >= 4 is 15.7 Å². The Morgan fingerprint density at radius 3 is 2.86 bits per heavy atom. The molecule has 2 rings (SSSR count). The third-order valence-electron chi connectivity index (χ3n) is 3.83. The molecule has 1 aromatic carbocycles. The molecular weight excluding hydrogens is 288 g/mol. The number of rotatable bonds is 6. The van der Waals surface area contributed by atoms with E-state index in [1.54, 1.807) is 13.1 Å². The van der Waals surface area contributed by atoms with Gasteiger partial charge in [-0.3, -0.25) is 0 Å². The van der Waals surface area contributed by atoms with Gasteiger partial charge in [0.15, 0.2) is 0 Å². The van der Waals surface area contributed by atoms with Crippen LogP contribution in [0.3, 0.4) is 0 Å². The second-order valence-electron chi connectivity index (χ2n) is 5.29. The van der Waals surface area contributed by atoms with Gasteiger partial charge >= 0.3 is 0 Å². The van der Waals surface area contributed by atoms with Crippen molar-refractivity contribution in [1.29, 1.82) is 0 Å². The quantitative estimate of drug-likeness (QED) is 0.816. The lowest BCUT2D eigenvalue weighted by Crippen LogP contribution is -2.31. The zero-order valence-corrected chi connectivity index (χ0v) is 13.8. The van der Waals surface area contributed by atoms with Gasteiger partial charge in [0.05, 0.1) is 11.5 Å². The largest absolute Gasteiger partial charge is 0.385 e. The van der Waals surface area contributed by atoms with Crippen LogP contribution in [-0.2, 0) is 21.2 Å². The first-order valence-corrected chi connectivity index (χ1v) is 8.83. The normalized spacial score (nSPS) is 14.9. The summed E-state index contributed by atoms with van der Waals surface area (Å²) in [7, 11) is -1.86. The van der Waals surface area contributed by atoms with Crippen LogP contribution in [0, 0.1) is 6.92 Å². The van der Waals surface area contributed by atoms with Gasteiger partial charge in [-0.25, -0.2) is 8.42 Å². The maximum Gasteiger partial charge on any atom is 0.243 e. The fourth-order valence-electron chi connectivity index (χ4n) is 2.59. The highest BCUT2D eigenvalue weighted by Gasteiger charge is 2.27. The minimum Gasteiger partial charge on any atom is -0.385 e. The molecule has 0 amide bonds. The van der Waals surface area contributed by atoms with Crippen molar-refractivity contribution in [3.63, 3.8) is 0 Å². The van der Waals surface area contributed by atoms with E-state index in [4.69, 9.17) is 4.74 Å². The van der Waals surface area contributed by atoms with Gasteiger partial charge in [-0.05, 0) is 43.9 Å². The molecule has 118 valence electrons. The van der Waals surface area contributed by atoms with Crippen LogP contribution >= 0.6 is 0 Å². The Kier molecular flexibility index (Phi) is 5.24. The molecule has 0 saturated carbocycles. The van der Waals surface area contributed by atoms with Crippen LogP contribution in [-0.4, -0.2) is 46.1 Å². The van der Waals surface area contributed by atoms with Gasteiger partial charge in [-0.2, -0.15) is 4.31 Å². The molecule has 0 radical (unpaired) electrons. The second kappa shape index (κ2) is 6.77. The van der Waals surface area contributed by atoms with Gasteiger partial charge in [0.25, 0.3) is 0 Å². The molecule has 0 aromatic heterocycles. The maximum absolute atomic E-state index is 12.8. The number of hydrogen-bond donors (Lipinski definition) is 1. The molecule has 1 heterocycles. The van der Waals surface area contributed by atoms with E-state index in [-0.39, 0.29) is 0 Å². The summed E-state index contributed by atoms with van der Waals surface area (Å²) in [5.41, 5.74) is 3.01. The summed E-state index contributed by atoms with van der Waals surface area (Å²) < 4.78 is 32.1. The number of likely N-dealkylation sites (N-methyl/N-ethyl adjacent to an activating group) is 1. The highest BCUT2D eigenvalue weighted by atomic mass is 32.2. The highest BCUT2D eigenvalue weighted by Crippen LogP contribution is 2.32. The van der Waals surface area contributed by atoms with Crippen LogP contribution < -0.4 is 5.32 Å². The molecule has 0 saturated heterocycles. The van der Waals surface area contributed by atoms with Crippen molar-refractivity contribution in [2.45, 2.75) is 31.6 Å². The highest BCUT2D eigenvalue weighted by molar-refractivity contribution is 7.89. The van der Waals surface area contributed by atoms with E-state index in [2.05, 4.69) is 5.32 Å².